The van der Waals surface area contributed by atoms with Gasteiger partial charge in [-0.2, -0.15) is 13.2 Å². The molecule has 2 aromatic carbocycles. The van der Waals surface area contributed by atoms with E-state index in [1.807, 2.05) is 6.07 Å². The third-order valence-corrected chi connectivity index (χ3v) is 7.29. The quantitative estimate of drug-likeness (QED) is 0.235. The maximum atomic E-state index is 14.4. The van der Waals surface area contributed by atoms with Crippen LogP contribution in [0.3, 0.4) is 0 Å². The highest BCUT2D eigenvalue weighted by Gasteiger charge is 2.31. The molecular formula is C27H26F5N3O3S. The van der Waals surface area contributed by atoms with Crippen molar-refractivity contribution in [3.63, 3.8) is 0 Å². The number of rotatable bonds is 8. The molecule has 0 unspecified atom stereocenters. The van der Waals surface area contributed by atoms with Gasteiger partial charge in [0.1, 0.15) is 11.6 Å². The monoisotopic (exact) mass is 567 g/mol. The summed E-state index contributed by atoms with van der Waals surface area (Å²) in [7, 11) is 1.32. The van der Waals surface area contributed by atoms with Gasteiger partial charge >= 0.3 is 6.18 Å². The summed E-state index contributed by atoms with van der Waals surface area (Å²) in [6.45, 7) is -0.0738. The standard InChI is InChI=1S/C27H26F5N3O3S/c1-33-26(36)18-12-23(38-15-28)22(13-20(18)29)34-9-3-6-24-19(14-27(30,31)32)17-4-2-5-21(25(17)39-24)35-16-7-10-37-11-8-16/h2,4-5,12-13,16,34-35H,7-11,14-15H2,1H3,(H,33,36). The zero-order valence-corrected chi connectivity index (χ0v) is 21.8. The molecule has 1 saturated heterocycles. The highest BCUT2D eigenvalue weighted by molar-refractivity contribution is 7.20. The van der Waals surface area contributed by atoms with Gasteiger partial charge in [0, 0.05) is 32.4 Å². The number of fused-ring (bicyclic) bond motifs is 1. The number of anilines is 2. The Morgan fingerprint density at radius 1 is 1.21 bits per heavy atom. The van der Waals surface area contributed by atoms with Crippen LogP contribution in [0.25, 0.3) is 10.1 Å². The van der Waals surface area contributed by atoms with Crippen LogP contribution < -0.4 is 20.7 Å². The molecule has 12 heteroatoms. The first-order chi connectivity index (χ1) is 18.7. The second-order valence-electron chi connectivity index (χ2n) is 8.73. The van der Waals surface area contributed by atoms with Crippen LogP contribution >= 0.6 is 11.3 Å². The Labute approximate surface area is 225 Å². The van der Waals surface area contributed by atoms with Crippen molar-refractivity contribution in [1.82, 2.24) is 5.32 Å². The van der Waals surface area contributed by atoms with Gasteiger partial charge in [-0.3, -0.25) is 4.79 Å². The molecule has 4 rings (SSSR count). The van der Waals surface area contributed by atoms with Crippen molar-refractivity contribution in [1.29, 1.82) is 0 Å². The summed E-state index contributed by atoms with van der Waals surface area (Å²) in [6, 6.07) is 7.41. The number of thiophene rings is 1. The van der Waals surface area contributed by atoms with Crippen LogP contribution in [-0.2, 0) is 11.2 Å². The molecule has 0 atom stereocenters. The van der Waals surface area contributed by atoms with E-state index in [0.717, 1.165) is 30.7 Å². The van der Waals surface area contributed by atoms with Gasteiger partial charge in [0.05, 0.1) is 39.5 Å². The second kappa shape index (κ2) is 12.5. The molecular weight excluding hydrogens is 541 g/mol. The molecule has 1 aliphatic rings. The molecule has 208 valence electrons. The van der Waals surface area contributed by atoms with Crippen molar-refractivity contribution < 1.29 is 36.2 Å². The number of benzene rings is 2. The average molecular weight is 568 g/mol. The fraction of sp³-hybridized carbons (Fsp3) is 0.370. The van der Waals surface area contributed by atoms with Crippen molar-refractivity contribution in [2.24, 2.45) is 0 Å². The smallest absolute Gasteiger partial charge is 0.393 e. The van der Waals surface area contributed by atoms with Crippen LogP contribution in [0.15, 0.2) is 30.3 Å². The Hall–Kier alpha value is -3.56. The van der Waals surface area contributed by atoms with Crippen molar-refractivity contribution in [2.45, 2.75) is 31.5 Å². The summed E-state index contributed by atoms with van der Waals surface area (Å²) in [5.74, 6) is 3.90. The molecule has 0 spiro atoms. The number of amides is 1. The fourth-order valence-electron chi connectivity index (χ4n) is 4.27. The predicted molar refractivity (Wildman–Crippen MR) is 141 cm³/mol. The summed E-state index contributed by atoms with van der Waals surface area (Å²) in [5, 5.41) is 8.98. The van der Waals surface area contributed by atoms with E-state index >= 15 is 0 Å². The number of hydrogen-bond acceptors (Lipinski definition) is 6. The number of nitrogens with one attached hydrogen (secondary N) is 3. The van der Waals surface area contributed by atoms with E-state index in [4.69, 9.17) is 9.47 Å². The zero-order chi connectivity index (χ0) is 28.0. The molecule has 3 N–H and O–H groups in total. The summed E-state index contributed by atoms with van der Waals surface area (Å²) in [6.07, 6.45) is -3.97. The lowest BCUT2D eigenvalue weighted by Gasteiger charge is -2.24. The molecule has 1 amide bonds. The van der Waals surface area contributed by atoms with Gasteiger partial charge in [-0.25, -0.2) is 8.78 Å². The van der Waals surface area contributed by atoms with E-state index < -0.39 is 31.2 Å². The molecule has 0 radical (unpaired) electrons. The van der Waals surface area contributed by atoms with Crippen LogP contribution in [0.2, 0.25) is 0 Å². The maximum absolute atomic E-state index is 14.4. The molecule has 39 heavy (non-hydrogen) atoms. The van der Waals surface area contributed by atoms with Crippen molar-refractivity contribution in [2.75, 3.05) is 44.3 Å². The van der Waals surface area contributed by atoms with Crippen LogP contribution in [0, 0.1) is 17.7 Å². The largest absolute Gasteiger partial charge is 0.461 e. The Morgan fingerprint density at radius 3 is 2.67 bits per heavy atom. The molecule has 0 saturated carbocycles. The van der Waals surface area contributed by atoms with Gasteiger partial charge < -0.3 is 25.4 Å². The second-order valence-corrected chi connectivity index (χ2v) is 9.75. The average Bonchev–Trinajstić information content (AvgIpc) is 3.24. The number of ether oxygens (including phenoxy) is 2. The molecule has 6 nitrogen and oxygen atoms in total. The minimum atomic E-state index is -4.44. The molecule has 3 aromatic rings. The van der Waals surface area contributed by atoms with E-state index in [2.05, 4.69) is 27.8 Å². The van der Waals surface area contributed by atoms with E-state index in [9.17, 15) is 26.7 Å². The Morgan fingerprint density at radius 2 is 1.97 bits per heavy atom. The van der Waals surface area contributed by atoms with Gasteiger partial charge in [0.15, 0.2) is 0 Å². The lowest BCUT2D eigenvalue weighted by Crippen LogP contribution is -2.27. The van der Waals surface area contributed by atoms with E-state index in [0.29, 0.717) is 23.3 Å². The van der Waals surface area contributed by atoms with Gasteiger partial charge in [-0.05, 0) is 35.9 Å². The Balaban J connectivity index is 1.61. The molecule has 1 aliphatic heterocycles. The fourth-order valence-corrected chi connectivity index (χ4v) is 5.44. The van der Waals surface area contributed by atoms with Crippen LogP contribution in [0.4, 0.5) is 33.3 Å². The normalized spacial score (nSPS) is 14.0. The van der Waals surface area contributed by atoms with Crippen molar-refractivity contribution in [3.05, 3.63) is 52.2 Å². The SMILES string of the molecule is CNC(=O)c1cc(OCF)c(NCC#Cc2sc3c(NC4CCOCC4)cccc3c2CC(F)(F)F)cc1F. The first-order valence-corrected chi connectivity index (χ1v) is 12.9. The van der Waals surface area contributed by atoms with E-state index in [1.165, 1.54) is 18.4 Å². The molecule has 1 fully saturated rings. The van der Waals surface area contributed by atoms with Crippen molar-refractivity contribution >= 4 is 38.7 Å². The minimum Gasteiger partial charge on any atom is -0.461 e. The number of carbonyl (C=O) groups excluding carboxylic acids is 1. The molecule has 1 aromatic heterocycles. The van der Waals surface area contributed by atoms with Crippen LogP contribution in [0.1, 0.15) is 33.6 Å². The van der Waals surface area contributed by atoms with Gasteiger partial charge in [0.2, 0.25) is 6.86 Å². The summed E-state index contributed by atoms with van der Waals surface area (Å²) < 4.78 is 78.7. The Bertz CT molecular complexity index is 1390. The maximum Gasteiger partial charge on any atom is 0.393 e. The minimum absolute atomic E-state index is 0.0434. The van der Waals surface area contributed by atoms with Gasteiger partial charge in [-0.15, -0.1) is 11.3 Å². The van der Waals surface area contributed by atoms with Gasteiger partial charge in [0.25, 0.3) is 5.91 Å². The highest BCUT2D eigenvalue weighted by Crippen LogP contribution is 2.39. The van der Waals surface area contributed by atoms with Crippen LogP contribution in [-0.4, -0.2) is 51.8 Å². The number of alkyl halides is 4. The van der Waals surface area contributed by atoms with Crippen LogP contribution in [0.5, 0.6) is 5.75 Å². The number of halogens is 5. The third kappa shape index (κ3) is 7.10. The number of hydrogen-bond donors (Lipinski definition) is 3. The first-order valence-electron chi connectivity index (χ1n) is 12.1. The highest BCUT2D eigenvalue weighted by atomic mass is 32.1. The zero-order valence-electron chi connectivity index (χ0n) is 20.9. The molecule has 0 bridgehead atoms. The number of carbonyl (C=O) groups is 1. The summed E-state index contributed by atoms with van der Waals surface area (Å²) >= 11 is 1.17. The van der Waals surface area contributed by atoms with Crippen molar-refractivity contribution in [3.8, 4) is 17.6 Å². The Kier molecular flexibility index (Phi) is 9.14. The van der Waals surface area contributed by atoms with Gasteiger partial charge in [-0.1, -0.05) is 24.0 Å². The summed E-state index contributed by atoms with van der Waals surface area (Å²) in [5.41, 5.74) is 0.554. The molecule has 0 aliphatic carbocycles. The van der Waals surface area contributed by atoms with E-state index in [-0.39, 0.29) is 40.0 Å². The summed E-state index contributed by atoms with van der Waals surface area (Å²) in [4.78, 5) is 12.1. The first kappa shape index (κ1) is 28.4. The topological polar surface area (TPSA) is 71.6 Å². The third-order valence-electron chi connectivity index (χ3n) is 6.10. The lowest BCUT2D eigenvalue weighted by molar-refractivity contribution is -0.126. The molecule has 2 heterocycles. The lowest BCUT2D eigenvalue weighted by atomic mass is 10.1. The predicted octanol–water partition coefficient (Wildman–Crippen LogP) is 5.87. The van der Waals surface area contributed by atoms with E-state index in [1.54, 1.807) is 12.1 Å².